The highest BCUT2D eigenvalue weighted by Gasteiger charge is 2.06. The van der Waals surface area contributed by atoms with Crippen LogP contribution < -0.4 is 10.9 Å². The Bertz CT molecular complexity index is 588. The minimum Gasteiger partial charge on any atom is -0.322 e. The van der Waals surface area contributed by atoms with E-state index < -0.39 is 0 Å². The third-order valence-electron chi connectivity index (χ3n) is 2.40. The maximum atomic E-state index is 11.8. The van der Waals surface area contributed by atoms with E-state index in [2.05, 4.69) is 5.32 Å². The standard InChI is InChI=1S/C13H12N2O2/c1-15-8-7-10(9-12(15)16)13(17)14-11-5-3-2-4-6-11/h2-9H,1H3,(H,14,17). The summed E-state index contributed by atoms with van der Waals surface area (Å²) in [4.78, 5) is 23.2. The Morgan fingerprint density at radius 1 is 1.18 bits per heavy atom. The van der Waals surface area contributed by atoms with Crippen LogP contribution in [0.15, 0.2) is 53.5 Å². The molecular formula is C13H12N2O2. The zero-order chi connectivity index (χ0) is 12.3. The SMILES string of the molecule is Cn1ccc(C(=O)Nc2ccccc2)cc1=O. The van der Waals surface area contributed by atoms with Crippen LogP contribution in [0.5, 0.6) is 0 Å². The van der Waals surface area contributed by atoms with E-state index in [1.807, 2.05) is 18.2 Å². The summed E-state index contributed by atoms with van der Waals surface area (Å²) in [6, 6.07) is 12.0. The van der Waals surface area contributed by atoms with Gasteiger partial charge < -0.3 is 9.88 Å². The van der Waals surface area contributed by atoms with Gasteiger partial charge in [0.25, 0.3) is 11.5 Å². The second-order valence-electron chi connectivity index (χ2n) is 3.68. The van der Waals surface area contributed by atoms with Crippen LogP contribution in [0.1, 0.15) is 10.4 Å². The van der Waals surface area contributed by atoms with E-state index in [4.69, 9.17) is 0 Å². The van der Waals surface area contributed by atoms with E-state index in [0.717, 1.165) is 0 Å². The van der Waals surface area contributed by atoms with Crippen molar-refractivity contribution in [1.82, 2.24) is 4.57 Å². The number of nitrogens with zero attached hydrogens (tertiary/aromatic N) is 1. The van der Waals surface area contributed by atoms with Gasteiger partial charge in [0, 0.05) is 30.6 Å². The van der Waals surface area contributed by atoms with Crippen molar-refractivity contribution in [3.63, 3.8) is 0 Å². The zero-order valence-electron chi connectivity index (χ0n) is 9.38. The first kappa shape index (κ1) is 11.1. The number of hydrogen-bond donors (Lipinski definition) is 1. The van der Waals surface area contributed by atoms with Crippen LogP contribution in [0.3, 0.4) is 0 Å². The maximum Gasteiger partial charge on any atom is 0.255 e. The highest BCUT2D eigenvalue weighted by atomic mass is 16.2. The number of anilines is 1. The van der Waals surface area contributed by atoms with Gasteiger partial charge in [-0.2, -0.15) is 0 Å². The first-order valence-corrected chi connectivity index (χ1v) is 5.20. The Morgan fingerprint density at radius 2 is 1.88 bits per heavy atom. The fourth-order valence-corrected chi connectivity index (χ4v) is 1.41. The lowest BCUT2D eigenvalue weighted by Gasteiger charge is -2.05. The third-order valence-corrected chi connectivity index (χ3v) is 2.40. The summed E-state index contributed by atoms with van der Waals surface area (Å²) in [5.41, 5.74) is 0.862. The second kappa shape index (κ2) is 4.65. The van der Waals surface area contributed by atoms with Crippen LogP contribution in [0.25, 0.3) is 0 Å². The van der Waals surface area contributed by atoms with Crippen molar-refractivity contribution < 1.29 is 4.79 Å². The van der Waals surface area contributed by atoms with Crippen molar-refractivity contribution in [2.24, 2.45) is 7.05 Å². The average molecular weight is 228 g/mol. The summed E-state index contributed by atoms with van der Waals surface area (Å²) < 4.78 is 1.42. The molecule has 2 aromatic rings. The maximum absolute atomic E-state index is 11.8. The van der Waals surface area contributed by atoms with E-state index in [1.54, 1.807) is 31.4 Å². The molecule has 2 rings (SSSR count). The van der Waals surface area contributed by atoms with Gasteiger partial charge in [0.1, 0.15) is 0 Å². The van der Waals surface area contributed by atoms with Gasteiger partial charge in [-0.1, -0.05) is 18.2 Å². The van der Waals surface area contributed by atoms with E-state index in [9.17, 15) is 9.59 Å². The quantitative estimate of drug-likeness (QED) is 0.849. The largest absolute Gasteiger partial charge is 0.322 e. The van der Waals surface area contributed by atoms with Gasteiger partial charge in [0.05, 0.1) is 0 Å². The van der Waals surface area contributed by atoms with Gasteiger partial charge in [-0.15, -0.1) is 0 Å². The molecule has 4 heteroatoms. The van der Waals surface area contributed by atoms with Gasteiger partial charge in [-0.3, -0.25) is 9.59 Å². The lowest BCUT2D eigenvalue weighted by molar-refractivity contribution is 0.102. The number of para-hydroxylation sites is 1. The molecule has 1 N–H and O–H groups in total. The van der Waals surface area contributed by atoms with Crippen molar-refractivity contribution >= 4 is 11.6 Å². The molecule has 0 atom stereocenters. The first-order chi connectivity index (χ1) is 8.16. The number of carbonyl (C=O) groups is 1. The van der Waals surface area contributed by atoms with Crippen molar-refractivity contribution in [3.05, 3.63) is 64.6 Å². The molecule has 4 nitrogen and oxygen atoms in total. The Hall–Kier alpha value is -2.36. The number of pyridine rings is 1. The van der Waals surface area contributed by atoms with Gasteiger partial charge in [0.15, 0.2) is 0 Å². The van der Waals surface area contributed by atoms with E-state index in [0.29, 0.717) is 11.3 Å². The fraction of sp³-hybridized carbons (Fsp3) is 0.0769. The molecule has 1 amide bonds. The normalized spacial score (nSPS) is 9.94. The monoisotopic (exact) mass is 228 g/mol. The number of nitrogens with one attached hydrogen (secondary N) is 1. The number of amides is 1. The molecule has 0 aliphatic carbocycles. The van der Waals surface area contributed by atoms with Crippen LogP contribution in [-0.4, -0.2) is 10.5 Å². The summed E-state index contributed by atoms with van der Waals surface area (Å²) in [5.74, 6) is -0.283. The van der Waals surface area contributed by atoms with E-state index in [1.165, 1.54) is 10.6 Å². The van der Waals surface area contributed by atoms with E-state index >= 15 is 0 Å². The topological polar surface area (TPSA) is 51.1 Å². The summed E-state index contributed by atoms with van der Waals surface area (Å²) in [5, 5.41) is 2.72. The Labute approximate surface area is 98.5 Å². The minimum atomic E-state index is -0.283. The van der Waals surface area contributed by atoms with Crippen molar-refractivity contribution in [2.75, 3.05) is 5.32 Å². The lowest BCUT2D eigenvalue weighted by Crippen LogP contribution is -2.19. The number of aryl methyl sites for hydroxylation is 1. The number of hydrogen-bond acceptors (Lipinski definition) is 2. The molecule has 1 aromatic carbocycles. The van der Waals surface area contributed by atoms with Crippen molar-refractivity contribution in [2.45, 2.75) is 0 Å². The summed E-state index contributed by atoms with van der Waals surface area (Å²) in [6.07, 6.45) is 1.57. The molecule has 0 aliphatic heterocycles. The molecule has 86 valence electrons. The molecule has 1 aromatic heterocycles. The van der Waals surface area contributed by atoms with Crippen LogP contribution >= 0.6 is 0 Å². The smallest absolute Gasteiger partial charge is 0.255 e. The van der Waals surface area contributed by atoms with Crippen LogP contribution in [-0.2, 0) is 7.05 Å². The average Bonchev–Trinajstić information content (AvgIpc) is 2.34. The van der Waals surface area contributed by atoms with Gasteiger partial charge in [-0.05, 0) is 18.2 Å². The van der Waals surface area contributed by atoms with Crippen LogP contribution in [0, 0.1) is 0 Å². The van der Waals surface area contributed by atoms with Crippen LogP contribution in [0.4, 0.5) is 5.69 Å². The predicted molar refractivity (Wildman–Crippen MR) is 66.1 cm³/mol. The van der Waals surface area contributed by atoms with Gasteiger partial charge in [-0.25, -0.2) is 0 Å². The van der Waals surface area contributed by atoms with E-state index in [-0.39, 0.29) is 11.5 Å². The Balaban J connectivity index is 2.21. The molecule has 0 spiro atoms. The fourth-order valence-electron chi connectivity index (χ4n) is 1.41. The number of rotatable bonds is 2. The van der Waals surface area contributed by atoms with Crippen LogP contribution in [0.2, 0.25) is 0 Å². The van der Waals surface area contributed by atoms with Crippen molar-refractivity contribution in [1.29, 1.82) is 0 Å². The number of carbonyl (C=O) groups excluding carboxylic acids is 1. The summed E-state index contributed by atoms with van der Waals surface area (Å²) >= 11 is 0. The molecule has 0 saturated carbocycles. The molecule has 1 heterocycles. The molecular weight excluding hydrogens is 216 g/mol. The lowest BCUT2D eigenvalue weighted by atomic mass is 10.2. The highest BCUT2D eigenvalue weighted by Crippen LogP contribution is 2.07. The second-order valence-corrected chi connectivity index (χ2v) is 3.68. The molecule has 0 saturated heterocycles. The molecule has 0 radical (unpaired) electrons. The van der Waals surface area contributed by atoms with Gasteiger partial charge in [0.2, 0.25) is 0 Å². The Morgan fingerprint density at radius 3 is 2.53 bits per heavy atom. The summed E-state index contributed by atoms with van der Waals surface area (Å²) in [6.45, 7) is 0. The zero-order valence-corrected chi connectivity index (χ0v) is 9.38. The number of aromatic nitrogens is 1. The molecule has 0 fully saturated rings. The Kier molecular flexibility index (Phi) is 3.05. The van der Waals surface area contributed by atoms with Crippen molar-refractivity contribution in [3.8, 4) is 0 Å². The predicted octanol–water partition coefficient (Wildman–Crippen LogP) is 1.64. The molecule has 0 aliphatic rings. The number of benzene rings is 1. The highest BCUT2D eigenvalue weighted by molar-refractivity contribution is 6.04. The third kappa shape index (κ3) is 2.60. The van der Waals surface area contributed by atoms with Gasteiger partial charge >= 0.3 is 0 Å². The summed E-state index contributed by atoms with van der Waals surface area (Å²) in [7, 11) is 1.64. The molecule has 17 heavy (non-hydrogen) atoms. The molecule has 0 bridgehead atoms. The minimum absolute atomic E-state index is 0.203. The first-order valence-electron chi connectivity index (χ1n) is 5.20. The molecule has 0 unspecified atom stereocenters.